The van der Waals surface area contributed by atoms with Crippen molar-refractivity contribution < 1.29 is 14.8 Å². The highest BCUT2D eigenvalue weighted by Crippen LogP contribution is 2.24. The van der Waals surface area contributed by atoms with E-state index in [2.05, 4.69) is 12.2 Å². The minimum Gasteiger partial charge on any atom is -0.478 e. The molecule has 84 valence electrons. The molecule has 0 unspecified atom stereocenters. The van der Waals surface area contributed by atoms with Gasteiger partial charge in [-0.2, -0.15) is 0 Å². The molecule has 0 heterocycles. The summed E-state index contributed by atoms with van der Waals surface area (Å²) in [6, 6.07) is 1.91. The Labute approximate surface area is 94.8 Å². The van der Waals surface area contributed by atoms with Gasteiger partial charge in [0.25, 0.3) is 5.69 Å². The van der Waals surface area contributed by atoms with E-state index >= 15 is 0 Å². The molecule has 0 bridgehead atoms. The van der Waals surface area contributed by atoms with Gasteiger partial charge in [0.05, 0.1) is 16.2 Å². The molecule has 0 saturated carbocycles. The van der Waals surface area contributed by atoms with Crippen LogP contribution in [0.15, 0.2) is 12.1 Å². The van der Waals surface area contributed by atoms with Crippen LogP contribution in [-0.4, -0.2) is 21.0 Å². The van der Waals surface area contributed by atoms with Gasteiger partial charge in [-0.3, -0.25) is 10.1 Å². The van der Waals surface area contributed by atoms with Crippen molar-refractivity contribution in [2.45, 2.75) is 0 Å². The van der Waals surface area contributed by atoms with E-state index in [1.165, 1.54) is 0 Å². The van der Waals surface area contributed by atoms with E-state index in [0.29, 0.717) is 0 Å². The minimum atomic E-state index is -1.38. The van der Waals surface area contributed by atoms with Crippen LogP contribution >= 0.6 is 12.2 Å². The van der Waals surface area contributed by atoms with Crippen molar-refractivity contribution >= 4 is 34.6 Å². The Morgan fingerprint density at radius 1 is 1.44 bits per heavy atom. The summed E-state index contributed by atoms with van der Waals surface area (Å²) >= 11 is 4.62. The molecule has 0 atom stereocenters. The number of carboxylic acid groups (broad SMARTS) is 1. The Bertz CT molecular complexity index is 465. The Balaban J connectivity index is 3.57. The van der Waals surface area contributed by atoms with E-state index in [1.807, 2.05) is 0 Å². The summed E-state index contributed by atoms with van der Waals surface area (Å²) in [5.74, 6) is -1.38. The zero-order valence-electron chi connectivity index (χ0n) is 7.84. The molecule has 0 radical (unpaired) electrons. The molecule has 1 rings (SSSR count). The predicted octanol–water partition coefficient (Wildman–Crippen LogP) is 0.509. The lowest BCUT2D eigenvalue weighted by Gasteiger charge is -2.06. The molecule has 0 aliphatic carbocycles. The second-order valence-electron chi connectivity index (χ2n) is 2.88. The maximum Gasteiger partial charge on any atom is 0.338 e. The van der Waals surface area contributed by atoms with Crippen molar-refractivity contribution in [1.82, 2.24) is 0 Å². The van der Waals surface area contributed by atoms with Crippen LogP contribution in [0.4, 0.5) is 11.4 Å². The average Bonchev–Trinajstić information content (AvgIpc) is 2.16. The highest BCUT2D eigenvalue weighted by atomic mass is 32.1. The zero-order chi connectivity index (χ0) is 12.5. The molecule has 1 aromatic carbocycles. The number of nitrogens with two attached hydrogens (primary N) is 2. The van der Waals surface area contributed by atoms with Crippen molar-refractivity contribution in [2.24, 2.45) is 5.73 Å². The van der Waals surface area contributed by atoms with E-state index < -0.39 is 22.1 Å². The molecular formula is C8H7N3O4S. The summed E-state index contributed by atoms with van der Waals surface area (Å²) in [5.41, 5.74) is 9.77. The van der Waals surface area contributed by atoms with Gasteiger partial charge in [0.2, 0.25) is 0 Å². The molecule has 0 amide bonds. The molecular weight excluding hydrogens is 234 g/mol. The van der Waals surface area contributed by atoms with Crippen molar-refractivity contribution in [1.29, 1.82) is 0 Å². The second-order valence-corrected chi connectivity index (χ2v) is 3.32. The molecule has 0 spiro atoms. The zero-order valence-corrected chi connectivity index (χ0v) is 8.65. The number of carboxylic acids is 1. The quantitative estimate of drug-likeness (QED) is 0.304. The van der Waals surface area contributed by atoms with E-state index in [0.717, 1.165) is 12.1 Å². The van der Waals surface area contributed by atoms with Gasteiger partial charge in [-0.05, 0) is 0 Å². The molecule has 0 aliphatic heterocycles. The van der Waals surface area contributed by atoms with Gasteiger partial charge in [-0.25, -0.2) is 4.79 Å². The first-order valence-corrected chi connectivity index (χ1v) is 4.36. The standard InChI is InChI=1S/C8H7N3O4S/c9-6-4(7(10)16)1-3(11(14)15)2-5(6)8(12)13/h1-2H,9H2,(H2,10,16)(H,12,13). The maximum absolute atomic E-state index is 10.8. The number of nitro benzene ring substituents is 1. The van der Waals surface area contributed by atoms with Gasteiger partial charge < -0.3 is 16.6 Å². The lowest BCUT2D eigenvalue weighted by Crippen LogP contribution is -2.15. The molecule has 16 heavy (non-hydrogen) atoms. The average molecular weight is 241 g/mol. The number of nitro groups is 1. The van der Waals surface area contributed by atoms with Gasteiger partial charge >= 0.3 is 5.97 Å². The third-order valence-corrected chi connectivity index (χ3v) is 2.09. The first-order valence-electron chi connectivity index (χ1n) is 3.95. The van der Waals surface area contributed by atoms with E-state index in [4.69, 9.17) is 16.6 Å². The fourth-order valence-electron chi connectivity index (χ4n) is 1.12. The van der Waals surface area contributed by atoms with Crippen LogP contribution in [-0.2, 0) is 0 Å². The van der Waals surface area contributed by atoms with Crippen LogP contribution in [0, 0.1) is 10.1 Å². The van der Waals surface area contributed by atoms with Crippen molar-refractivity contribution in [3.63, 3.8) is 0 Å². The van der Waals surface area contributed by atoms with Crippen LogP contribution in [0.2, 0.25) is 0 Å². The summed E-state index contributed by atoms with van der Waals surface area (Å²) in [6.07, 6.45) is 0. The number of anilines is 1. The summed E-state index contributed by atoms with van der Waals surface area (Å²) in [5, 5.41) is 19.3. The van der Waals surface area contributed by atoms with Gasteiger partial charge in [0.1, 0.15) is 4.99 Å². The monoisotopic (exact) mass is 241 g/mol. The third kappa shape index (κ3) is 2.06. The number of hydrogen-bond acceptors (Lipinski definition) is 5. The normalized spacial score (nSPS) is 9.75. The summed E-state index contributed by atoms with van der Waals surface area (Å²) < 4.78 is 0. The second kappa shape index (κ2) is 4.11. The molecule has 0 aliphatic rings. The first-order chi connectivity index (χ1) is 7.34. The minimum absolute atomic E-state index is 0.0124. The van der Waals surface area contributed by atoms with E-state index in [9.17, 15) is 14.9 Å². The largest absolute Gasteiger partial charge is 0.478 e. The molecule has 5 N–H and O–H groups in total. The Hall–Kier alpha value is -2.22. The summed E-state index contributed by atoms with van der Waals surface area (Å²) in [6.45, 7) is 0. The maximum atomic E-state index is 10.8. The van der Waals surface area contributed by atoms with Gasteiger partial charge in [0.15, 0.2) is 0 Å². The number of carbonyl (C=O) groups is 1. The SMILES string of the molecule is NC(=S)c1cc([N+](=O)[O-])cc(C(=O)O)c1N. The molecule has 1 aromatic rings. The van der Waals surface area contributed by atoms with Gasteiger partial charge in [-0.15, -0.1) is 0 Å². The summed E-state index contributed by atoms with van der Waals surface area (Å²) in [7, 11) is 0. The number of non-ortho nitro benzene ring substituents is 1. The highest BCUT2D eigenvalue weighted by molar-refractivity contribution is 7.80. The first kappa shape index (κ1) is 11.9. The van der Waals surface area contributed by atoms with Crippen LogP contribution in [0.1, 0.15) is 15.9 Å². The highest BCUT2D eigenvalue weighted by Gasteiger charge is 2.19. The number of nitrogen functional groups attached to an aromatic ring is 1. The molecule has 7 nitrogen and oxygen atoms in total. The van der Waals surface area contributed by atoms with Crippen LogP contribution in [0.25, 0.3) is 0 Å². The number of rotatable bonds is 3. The van der Waals surface area contributed by atoms with E-state index in [-0.39, 0.29) is 16.2 Å². The Morgan fingerprint density at radius 3 is 2.31 bits per heavy atom. The van der Waals surface area contributed by atoms with Crippen molar-refractivity contribution in [3.8, 4) is 0 Å². The van der Waals surface area contributed by atoms with Crippen LogP contribution in [0.5, 0.6) is 0 Å². The Morgan fingerprint density at radius 2 is 1.94 bits per heavy atom. The van der Waals surface area contributed by atoms with Crippen LogP contribution in [0.3, 0.4) is 0 Å². The van der Waals surface area contributed by atoms with Gasteiger partial charge in [-0.1, -0.05) is 12.2 Å². The number of hydrogen-bond donors (Lipinski definition) is 3. The van der Waals surface area contributed by atoms with Gasteiger partial charge in [0, 0.05) is 17.7 Å². The molecule has 0 fully saturated rings. The number of aromatic carboxylic acids is 1. The summed E-state index contributed by atoms with van der Waals surface area (Å²) in [4.78, 5) is 20.4. The topological polar surface area (TPSA) is 132 Å². The fourth-order valence-corrected chi connectivity index (χ4v) is 1.29. The number of thiocarbonyl (C=S) groups is 1. The van der Waals surface area contributed by atoms with Crippen LogP contribution < -0.4 is 11.5 Å². The van der Waals surface area contributed by atoms with E-state index in [1.54, 1.807) is 0 Å². The lowest BCUT2D eigenvalue weighted by atomic mass is 10.1. The smallest absolute Gasteiger partial charge is 0.338 e. The third-order valence-electron chi connectivity index (χ3n) is 1.87. The molecule has 8 heteroatoms. The fraction of sp³-hybridized carbons (Fsp3) is 0. The predicted molar refractivity (Wildman–Crippen MR) is 60.4 cm³/mol. The molecule has 0 aromatic heterocycles. The van der Waals surface area contributed by atoms with Crippen molar-refractivity contribution in [3.05, 3.63) is 33.4 Å². The lowest BCUT2D eigenvalue weighted by molar-refractivity contribution is -0.384. The number of benzene rings is 1. The number of nitrogens with zero attached hydrogens (tertiary/aromatic N) is 1. The molecule has 0 saturated heterocycles. The van der Waals surface area contributed by atoms with Crippen molar-refractivity contribution in [2.75, 3.05) is 5.73 Å². The Kier molecular flexibility index (Phi) is 3.04.